The Hall–Kier alpha value is -3.27. The number of nitrogens with zero attached hydrogens (tertiary/aromatic N) is 2. The first-order valence-electron chi connectivity index (χ1n) is 9.11. The van der Waals surface area contributed by atoms with Crippen LogP contribution in [-0.4, -0.2) is 27.3 Å². The molecule has 10 heteroatoms. The van der Waals surface area contributed by atoms with Gasteiger partial charge in [0.2, 0.25) is 5.91 Å². The summed E-state index contributed by atoms with van der Waals surface area (Å²) in [6.45, 7) is 3.59. The molecule has 2 aromatic carbocycles. The molecule has 1 heterocycles. The van der Waals surface area contributed by atoms with Crippen LogP contribution in [0.2, 0.25) is 0 Å². The largest absolute Gasteiger partial charge is 0.573 e. The molecule has 0 fully saturated rings. The second-order valence-electron chi connectivity index (χ2n) is 6.58. The van der Waals surface area contributed by atoms with E-state index in [9.17, 15) is 22.8 Å². The summed E-state index contributed by atoms with van der Waals surface area (Å²) in [5.74, 6) is -0.750. The van der Waals surface area contributed by atoms with Crippen LogP contribution in [0.4, 0.5) is 18.9 Å². The first kappa shape index (κ1) is 22.4. The lowest BCUT2D eigenvalue weighted by Gasteiger charge is -2.13. The Morgan fingerprint density at radius 2 is 1.71 bits per heavy atom. The number of aryl methyl sites for hydroxylation is 1. The fourth-order valence-electron chi connectivity index (χ4n) is 2.55. The topological polar surface area (TPSA) is 73.2 Å². The standard InChI is InChI=1S/C21H18F3N3O3S/c1-13-3-7-16(8-4-13)27-19(28)12-11-18(26-27)31-14(2)20(29)25-15-5-9-17(10-6-15)30-21(22,23)24/h3-12,14H,1-2H3,(H,25,29)/t14-/m1/s1. The summed E-state index contributed by atoms with van der Waals surface area (Å²) < 4.78 is 41.7. The molecule has 0 aliphatic carbocycles. The third-order valence-electron chi connectivity index (χ3n) is 4.08. The number of thioether (sulfide) groups is 1. The highest BCUT2D eigenvalue weighted by Crippen LogP contribution is 2.25. The lowest BCUT2D eigenvalue weighted by Crippen LogP contribution is -2.24. The first-order chi connectivity index (χ1) is 14.6. The molecule has 1 atom stereocenters. The van der Waals surface area contributed by atoms with E-state index in [1.54, 1.807) is 19.1 Å². The Kier molecular flexibility index (Phi) is 6.69. The number of carbonyl (C=O) groups is 1. The summed E-state index contributed by atoms with van der Waals surface area (Å²) >= 11 is 1.15. The molecule has 1 amide bonds. The van der Waals surface area contributed by atoms with E-state index in [1.165, 1.54) is 28.9 Å². The number of halogens is 3. The van der Waals surface area contributed by atoms with E-state index in [0.717, 1.165) is 29.5 Å². The highest BCUT2D eigenvalue weighted by molar-refractivity contribution is 8.00. The average molecular weight is 449 g/mol. The molecule has 0 aliphatic rings. The van der Waals surface area contributed by atoms with Gasteiger partial charge in [0.1, 0.15) is 10.8 Å². The van der Waals surface area contributed by atoms with Crippen molar-refractivity contribution in [3.63, 3.8) is 0 Å². The van der Waals surface area contributed by atoms with Gasteiger partial charge in [0.25, 0.3) is 5.56 Å². The molecule has 162 valence electrons. The van der Waals surface area contributed by atoms with E-state index >= 15 is 0 Å². The van der Waals surface area contributed by atoms with Crippen LogP contribution in [0.25, 0.3) is 5.69 Å². The molecule has 1 aromatic heterocycles. The van der Waals surface area contributed by atoms with Crippen LogP contribution < -0.4 is 15.6 Å². The Bertz CT molecular complexity index is 1110. The van der Waals surface area contributed by atoms with Crippen molar-refractivity contribution < 1.29 is 22.7 Å². The maximum atomic E-state index is 12.5. The smallest absolute Gasteiger partial charge is 0.406 e. The Labute approximate surface area is 180 Å². The minimum Gasteiger partial charge on any atom is -0.406 e. The minimum absolute atomic E-state index is 0.300. The molecule has 31 heavy (non-hydrogen) atoms. The molecule has 0 saturated heterocycles. The maximum Gasteiger partial charge on any atom is 0.573 e. The van der Waals surface area contributed by atoms with Gasteiger partial charge in [-0.1, -0.05) is 29.5 Å². The van der Waals surface area contributed by atoms with Crippen LogP contribution in [0.1, 0.15) is 12.5 Å². The van der Waals surface area contributed by atoms with Crippen molar-refractivity contribution in [2.24, 2.45) is 0 Å². The van der Waals surface area contributed by atoms with Crippen molar-refractivity contribution in [3.05, 3.63) is 76.6 Å². The fourth-order valence-corrected chi connectivity index (χ4v) is 3.35. The summed E-state index contributed by atoms with van der Waals surface area (Å²) in [7, 11) is 0. The van der Waals surface area contributed by atoms with Gasteiger partial charge in [0.15, 0.2) is 0 Å². The van der Waals surface area contributed by atoms with Gasteiger partial charge in [-0.15, -0.1) is 13.2 Å². The third-order valence-corrected chi connectivity index (χ3v) is 5.10. The van der Waals surface area contributed by atoms with Gasteiger partial charge in [-0.2, -0.15) is 9.78 Å². The fraction of sp³-hybridized carbons (Fsp3) is 0.190. The number of nitrogens with one attached hydrogen (secondary N) is 1. The van der Waals surface area contributed by atoms with Crippen molar-refractivity contribution in [1.29, 1.82) is 0 Å². The number of ether oxygens (including phenoxy) is 1. The molecule has 6 nitrogen and oxygen atoms in total. The number of hydrogen-bond acceptors (Lipinski definition) is 5. The van der Waals surface area contributed by atoms with Crippen molar-refractivity contribution in [3.8, 4) is 11.4 Å². The number of alkyl halides is 3. The number of aromatic nitrogens is 2. The molecular formula is C21H18F3N3O3S. The number of rotatable bonds is 6. The monoisotopic (exact) mass is 449 g/mol. The second kappa shape index (κ2) is 9.25. The molecule has 0 aliphatic heterocycles. The molecule has 1 N–H and O–H groups in total. The van der Waals surface area contributed by atoms with Crippen molar-refractivity contribution in [2.45, 2.75) is 30.5 Å². The van der Waals surface area contributed by atoms with Gasteiger partial charge in [-0.05, 0) is 56.3 Å². The van der Waals surface area contributed by atoms with E-state index in [-0.39, 0.29) is 17.2 Å². The zero-order valence-electron chi connectivity index (χ0n) is 16.5. The Morgan fingerprint density at radius 3 is 2.32 bits per heavy atom. The Morgan fingerprint density at radius 1 is 1.06 bits per heavy atom. The summed E-state index contributed by atoms with van der Waals surface area (Å²) in [6.07, 6.45) is -4.78. The number of benzene rings is 2. The molecule has 3 aromatic rings. The Balaban J connectivity index is 1.66. The molecule has 0 radical (unpaired) electrons. The van der Waals surface area contributed by atoms with E-state index in [2.05, 4.69) is 15.2 Å². The molecule has 3 rings (SSSR count). The molecule has 0 bridgehead atoms. The van der Waals surface area contributed by atoms with Gasteiger partial charge >= 0.3 is 6.36 Å². The second-order valence-corrected chi connectivity index (χ2v) is 7.94. The zero-order chi connectivity index (χ0) is 22.6. The highest BCUT2D eigenvalue weighted by atomic mass is 32.2. The van der Waals surface area contributed by atoms with Gasteiger partial charge in [0.05, 0.1) is 10.9 Å². The van der Waals surface area contributed by atoms with E-state index in [4.69, 9.17) is 0 Å². The van der Waals surface area contributed by atoms with Gasteiger partial charge in [0, 0.05) is 11.8 Å². The van der Waals surface area contributed by atoms with Crippen LogP contribution in [0.15, 0.2) is 70.5 Å². The number of anilines is 1. The van der Waals surface area contributed by atoms with Crippen molar-refractivity contribution in [2.75, 3.05) is 5.32 Å². The summed E-state index contributed by atoms with van der Waals surface area (Å²) in [4.78, 5) is 24.6. The lowest BCUT2D eigenvalue weighted by atomic mass is 10.2. The van der Waals surface area contributed by atoms with Crippen LogP contribution >= 0.6 is 11.8 Å². The first-order valence-corrected chi connectivity index (χ1v) is 9.99. The number of amides is 1. The van der Waals surface area contributed by atoms with Crippen LogP contribution in [0.3, 0.4) is 0 Å². The van der Waals surface area contributed by atoms with E-state index in [1.807, 2.05) is 19.1 Å². The van der Waals surface area contributed by atoms with Gasteiger partial charge in [-0.25, -0.2) is 0 Å². The number of carbonyl (C=O) groups excluding carboxylic acids is 1. The predicted octanol–water partition coefficient (Wildman–Crippen LogP) is 4.56. The molecular weight excluding hydrogens is 431 g/mol. The van der Waals surface area contributed by atoms with Crippen LogP contribution in [0, 0.1) is 6.92 Å². The van der Waals surface area contributed by atoms with Crippen LogP contribution in [-0.2, 0) is 4.79 Å². The minimum atomic E-state index is -4.78. The molecule has 0 saturated carbocycles. The maximum absolute atomic E-state index is 12.5. The quantitative estimate of drug-likeness (QED) is 0.559. The van der Waals surface area contributed by atoms with Crippen molar-refractivity contribution >= 4 is 23.4 Å². The zero-order valence-corrected chi connectivity index (χ0v) is 17.3. The SMILES string of the molecule is Cc1ccc(-n2nc(S[C@H](C)C(=O)Nc3ccc(OC(F)(F)F)cc3)ccc2=O)cc1. The van der Waals surface area contributed by atoms with Gasteiger partial charge < -0.3 is 10.1 Å². The predicted molar refractivity (Wildman–Crippen MR) is 112 cm³/mol. The third kappa shape index (κ3) is 6.35. The normalized spacial score (nSPS) is 12.3. The molecule has 0 spiro atoms. The molecule has 0 unspecified atom stereocenters. The summed E-state index contributed by atoms with van der Waals surface area (Å²) in [6, 6.07) is 15.0. The van der Waals surface area contributed by atoms with Gasteiger partial charge in [-0.3, -0.25) is 9.59 Å². The summed E-state index contributed by atoms with van der Waals surface area (Å²) in [5, 5.41) is 6.82. The highest BCUT2D eigenvalue weighted by Gasteiger charge is 2.31. The van der Waals surface area contributed by atoms with Crippen LogP contribution in [0.5, 0.6) is 5.75 Å². The average Bonchev–Trinajstić information content (AvgIpc) is 2.70. The summed E-state index contributed by atoms with van der Waals surface area (Å²) in [5.41, 5.74) is 1.68. The lowest BCUT2D eigenvalue weighted by molar-refractivity contribution is -0.274. The van der Waals surface area contributed by atoms with Crippen molar-refractivity contribution in [1.82, 2.24) is 9.78 Å². The van der Waals surface area contributed by atoms with E-state index in [0.29, 0.717) is 16.4 Å². The van der Waals surface area contributed by atoms with E-state index < -0.39 is 11.6 Å². The number of hydrogen-bond donors (Lipinski definition) is 1.